The smallest absolute Gasteiger partial charge is 0.229 e. The van der Waals surface area contributed by atoms with Crippen molar-refractivity contribution in [2.75, 3.05) is 11.4 Å². The van der Waals surface area contributed by atoms with Gasteiger partial charge in [0.25, 0.3) is 0 Å². The fraction of sp³-hybridized carbons (Fsp3) is 0.296. The van der Waals surface area contributed by atoms with Crippen LogP contribution in [0.5, 0.6) is 0 Å². The van der Waals surface area contributed by atoms with Gasteiger partial charge < -0.3 is 9.88 Å². The lowest BCUT2D eigenvalue weighted by Crippen LogP contribution is -2.38. The molecule has 3 heterocycles. The Kier molecular flexibility index (Phi) is 5.92. The van der Waals surface area contributed by atoms with Crippen LogP contribution in [0.1, 0.15) is 37.8 Å². The Morgan fingerprint density at radius 2 is 1.88 bits per heavy atom. The summed E-state index contributed by atoms with van der Waals surface area (Å²) in [6, 6.07) is 20.1. The predicted molar refractivity (Wildman–Crippen MR) is 133 cm³/mol. The molecule has 4 aromatic rings. The average Bonchev–Trinajstić information content (AvgIpc) is 3.42. The monoisotopic (exact) mass is 455 g/mol. The molecule has 2 aromatic carbocycles. The lowest BCUT2D eigenvalue weighted by molar-refractivity contribution is -0.122. The van der Waals surface area contributed by atoms with E-state index in [1.807, 2.05) is 67.2 Å². The summed E-state index contributed by atoms with van der Waals surface area (Å²) in [6.07, 6.45) is 3.46. The summed E-state index contributed by atoms with van der Waals surface area (Å²) >= 11 is 0. The number of nitrogens with zero attached hydrogens (tertiary/aromatic N) is 4. The van der Waals surface area contributed by atoms with E-state index < -0.39 is 0 Å². The SMILES string of the molecule is CC(NC(=O)CCCN1C(=O)CCn2nc(-c3cn(C)c4ccccc34)cc21)c1ccccc1. The highest BCUT2D eigenvalue weighted by Crippen LogP contribution is 2.33. The minimum absolute atomic E-state index is 0.00855. The minimum atomic E-state index is -0.0463. The number of hydrogen-bond acceptors (Lipinski definition) is 3. The number of benzene rings is 2. The summed E-state index contributed by atoms with van der Waals surface area (Å²) in [5.74, 6) is 0.873. The van der Waals surface area contributed by atoms with Crippen LogP contribution in [0.25, 0.3) is 22.2 Å². The first-order chi connectivity index (χ1) is 16.5. The summed E-state index contributed by atoms with van der Waals surface area (Å²) < 4.78 is 4.01. The molecule has 0 bridgehead atoms. The Labute approximate surface area is 199 Å². The fourth-order valence-electron chi connectivity index (χ4n) is 4.71. The summed E-state index contributed by atoms with van der Waals surface area (Å²) in [6.45, 7) is 3.05. The van der Waals surface area contributed by atoms with Crippen molar-refractivity contribution in [3.63, 3.8) is 0 Å². The maximum absolute atomic E-state index is 12.7. The van der Waals surface area contributed by atoms with Crippen LogP contribution in [0.2, 0.25) is 0 Å². The van der Waals surface area contributed by atoms with Gasteiger partial charge in [-0.3, -0.25) is 14.5 Å². The van der Waals surface area contributed by atoms with E-state index in [2.05, 4.69) is 28.2 Å². The first-order valence-corrected chi connectivity index (χ1v) is 11.8. The van der Waals surface area contributed by atoms with Crippen molar-refractivity contribution in [2.24, 2.45) is 7.05 Å². The molecule has 174 valence electrons. The zero-order chi connectivity index (χ0) is 23.7. The molecule has 1 atom stereocenters. The van der Waals surface area contributed by atoms with Crippen molar-refractivity contribution >= 4 is 28.5 Å². The largest absolute Gasteiger partial charge is 0.350 e. The maximum Gasteiger partial charge on any atom is 0.229 e. The molecule has 0 radical (unpaired) electrons. The van der Waals surface area contributed by atoms with E-state index in [4.69, 9.17) is 5.10 Å². The third-order valence-corrected chi connectivity index (χ3v) is 6.51. The number of carbonyl (C=O) groups is 2. The van der Waals surface area contributed by atoms with Crippen molar-refractivity contribution < 1.29 is 9.59 Å². The lowest BCUT2D eigenvalue weighted by atomic mass is 10.1. The maximum atomic E-state index is 12.7. The Morgan fingerprint density at radius 1 is 1.12 bits per heavy atom. The van der Waals surface area contributed by atoms with Crippen LogP contribution in [-0.2, 0) is 23.2 Å². The van der Waals surface area contributed by atoms with E-state index in [1.54, 1.807) is 4.90 Å². The number of fused-ring (bicyclic) bond motifs is 2. The van der Waals surface area contributed by atoms with Crippen molar-refractivity contribution in [1.29, 1.82) is 0 Å². The minimum Gasteiger partial charge on any atom is -0.350 e. The number of amides is 2. The molecule has 34 heavy (non-hydrogen) atoms. The molecule has 0 saturated heterocycles. The quantitative estimate of drug-likeness (QED) is 0.448. The Morgan fingerprint density at radius 3 is 2.71 bits per heavy atom. The Hall–Kier alpha value is -3.87. The topological polar surface area (TPSA) is 72.2 Å². The molecule has 2 aromatic heterocycles. The number of anilines is 1. The molecular weight excluding hydrogens is 426 g/mol. The molecule has 0 spiro atoms. The van der Waals surface area contributed by atoms with Gasteiger partial charge in [0.15, 0.2) is 0 Å². The zero-order valence-electron chi connectivity index (χ0n) is 19.6. The van der Waals surface area contributed by atoms with Crippen LogP contribution < -0.4 is 10.2 Å². The summed E-state index contributed by atoms with van der Waals surface area (Å²) in [5, 5.41) is 9.00. The molecule has 2 amide bonds. The summed E-state index contributed by atoms with van der Waals surface area (Å²) in [5.41, 5.74) is 4.14. The molecule has 7 heteroatoms. The summed E-state index contributed by atoms with van der Waals surface area (Å²) in [4.78, 5) is 27.0. The highest BCUT2D eigenvalue weighted by molar-refractivity contribution is 5.98. The van der Waals surface area contributed by atoms with E-state index in [1.165, 1.54) is 0 Å². The first kappa shape index (κ1) is 21.9. The van der Waals surface area contributed by atoms with Crippen molar-refractivity contribution in [1.82, 2.24) is 19.7 Å². The third kappa shape index (κ3) is 4.21. The van der Waals surface area contributed by atoms with E-state index >= 15 is 0 Å². The van der Waals surface area contributed by atoms with E-state index in [0.717, 1.165) is 33.5 Å². The second kappa shape index (κ2) is 9.17. The van der Waals surface area contributed by atoms with Crippen LogP contribution in [0, 0.1) is 0 Å². The second-order valence-corrected chi connectivity index (χ2v) is 8.88. The number of hydrogen-bond donors (Lipinski definition) is 1. The second-order valence-electron chi connectivity index (χ2n) is 8.88. The predicted octanol–water partition coefficient (Wildman–Crippen LogP) is 4.44. The van der Waals surface area contributed by atoms with Crippen LogP contribution in [0.15, 0.2) is 66.9 Å². The molecule has 0 saturated carbocycles. The van der Waals surface area contributed by atoms with Gasteiger partial charge in [-0.1, -0.05) is 48.5 Å². The van der Waals surface area contributed by atoms with Crippen LogP contribution in [0.4, 0.5) is 5.82 Å². The van der Waals surface area contributed by atoms with Crippen molar-refractivity contribution in [2.45, 2.75) is 38.8 Å². The van der Waals surface area contributed by atoms with Gasteiger partial charge in [0.05, 0.1) is 18.3 Å². The van der Waals surface area contributed by atoms with Gasteiger partial charge in [0, 0.05) is 55.2 Å². The van der Waals surface area contributed by atoms with E-state index in [9.17, 15) is 9.59 Å². The van der Waals surface area contributed by atoms with Gasteiger partial charge in [0.1, 0.15) is 5.82 Å². The van der Waals surface area contributed by atoms with Crippen LogP contribution in [-0.4, -0.2) is 32.7 Å². The van der Waals surface area contributed by atoms with Crippen molar-refractivity contribution in [3.8, 4) is 11.3 Å². The number of aryl methyl sites for hydroxylation is 2. The van der Waals surface area contributed by atoms with E-state index in [0.29, 0.717) is 32.4 Å². The van der Waals surface area contributed by atoms with Gasteiger partial charge >= 0.3 is 0 Å². The van der Waals surface area contributed by atoms with Crippen LogP contribution >= 0.6 is 0 Å². The number of nitrogens with one attached hydrogen (secondary N) is 1. The van der Waals surface area contributed by atoms with Gasteiger partial charge in [-0.15, -0.1) is 0 Å². The molecule has 0 fully saturated rings. The van der Waals surface area contributed by atoms with E-state index in [-0.39, 0.29) is 17.9 Å². The normalized spacial score (nSPS) is 14.3. The molecule has 1 aliphatic heterocycles. The highest BCUT2D eigenvalue weighted by Gasteiger charge is 2.27. The molecule has 0 aliphatic carbocycles. The van der Waals surface area contributed by atoms with Gasteiger partial charge in [0.2, 0.25) is 11.8 Å². The molecule has 1 unspecified atom stereocenters. The van der Waals surface area contributed by atoms with Crippen LogP contribution in [0.3, 0.4) is 0 Å². The van der Waals surface area contributed by atoms with Crippen molar-refractivity contribution in [3.05, 3.63) is 72.4 Å². The lowest BCUT2D eigenvalue weighted by Gasteiger charge is -2.27. The first-order valence-electron chi connectivity index (χ1n) is 11.8. The number of rotatable bonds is 7. The average molecular weight is 456 g/mol. The third-order valence-electron chi connectivity index (χ3n) is 6.51. The summed E-state index contributed by atoms with van der Waals surface area (Å²) in [7, 11) is 2.03. The molecule has 7 nitrogen and oxygen atoms in total. The number of para-hydroxylation sites is 1. The van der Waals surface area contributed by atoms with Gasteiger partial charge in [-0.2, -0.15) is 5.10 Å². The fourth-order valence-corrected chi connectivity index (χ4v) is 4.71. The number of aromatic nitrogens is 3. The van der Waals surface area contributed by atoms with Gasteiger partial charge in [-0.05, 0) is 25.0 Å². The molecular formula is C27H29N5O2. The Bertz CT molecular complexity index is 1340. The van der Waals surface area contributed by atoms with Gasteiger partial charge in [-0.25, -0.2) is 4.68 Å². The zero-order valence-corrected chi connectivity index (χ0v) is 19.6. The molecule has 1 aliphatic rings. The Balaban J connectivity index is 1.27. The molecule has 1 N–H and O–H groups in total. The number of carbonyl (C=O) groups excluding carboxylic acids is 2. The molecule has 5 rings (SSSR count). The highest BCUT2D eigenvalue weighted by atomic mass is 16.2. The standard InChI is InChI=1S/C27H29N5O2/c1-19(20-9-4-3-5-10-20)28-25(33)13-8-15-31-26-17-23(29-32(26)16-14-27(31)34)22-18-30(2)24-12-7-6-11-21(22)24/h3-7,9-12,17-19H,8,13-16H2,1-2H3,(H,28,33).